The Morgan fingerprint density at radius 3 is 1.25 bits per heavy atom. The molecule has 0 amide bonds. The van der Waals surface area contributed by atoms with Crippen molar-refractivity contribution in [2.45, 2.75) is 88.7 Å². The van der Waals surface area contributed by atoms with E-state index >= 15 is 0 Å². The van der Waals surface area contributed by atoms with Crippen LogP contribution in [0.4, 0.5) is 0 Å². The van der Waals surface area contributed by atoms with Crippen LogP contribution in [0.15, 0.2) is 0 Å². The number of carbonyl (C=O) groups excluding carboxylic acids is 1. The largest absolute Gasteiger partial charge is 0.297 e. The monoisotopic (exact) mass is 458 g/mol. The predicted molar refractivity (Wildman–Crippen MR) is 107 cm³/mol. The predicted octanol–water partition coefficient (Wildman–Crippen LogP) is 6.52. The number of hydrogen-bond acceptors (Lipinski definition) is 1. The third kappa shape index (κ3) is 1.90. The molecule has 2 unspecified atom stereocenters. The molecule has 136 valence electrons. The van der Waals surface area contributed by atoms with Gasteiger partial charge < -0.3 is 0 Å². The summed E-state index contributed by atoms with van der Waals surface area (Å²) in [7, 11) is 0. The second kappa shape index (κ2) is 5.33. The summed E-state index contributed by atoms with van der Waals surface area (Å²) in [5, 5.41) is 0. The smallest absolute Gasteiger partial charge is 0.161 e. The summed E-state index contributed by atoms with van der Waals surface area (Å²) in [5.41, 5.74) is 0.950. The molecule has 0 aromatic rings. The highest BCUT2D eigenvalue weighted by molar-refractivity contribution is 9.10. The molecule has 24 heavy (non-hydrogen) atoms. The van der Waals surface area contributed by atoms with E-state index < -0.39 is 0 Å². The van der Waals surface area contributed by atoms with E-state index in [0.717, 1.165) is 11.8 Å². The van der Waals surface area contributed by atoms with Gasteiger partial charge in [0.1, 0.15) is 0 Å². The minimum Gasteiger partial charge on any atom is -0.297 e. The highest BCUT2D eigenvalue weighted by Gasteiger charge is 2.67. The fourth-order valence-corrected chi connectivity index (χ4v) is 10.6. The molecule has 0 aliphatic heterocycles. The van der Waals surface area contributed by atoms with E-state index in [-0.39, 0.29) is 20.5 Å². The van der Waals surface area contributed by atoms with Gasteiger partial charge in [-0.2, -0.15) is 0 Å². The molecule has 4 bridgehead atoms. The zero-order valence-corrected chi connectivity index (χ0v) is 18.8. The third-order valence-electron chi connectivity index (χ3n) is 9.83. The van der Waals surface area contributed by atoms with Crippen LogP contribution in [-0.2, 0) is 4.79 Å². The van der Waals surface area contributed by atoms with Gasteiger partial charge in [-0.05, 0) is 84.9 Å². The number of ketones is 1. The summed E-state index contributed by atoms with van der Waals surface area (Å²) in [6.45, 7) is 9.69. The van der Waals surface area contributed by atoms with Gasteiger partial charge in [-0.1, -0.05) is 59.6 Å². The lowest BCUT2D eigenvalue weighted by Crippen LogP contribution is -2.50. The van der Waals surface area contributed by atoms with E-state index in [9.17, 15) is 4.79 Å². The minimum absolute atomic E-state index is 0.0155. The molecule has 0 spiro atoms. The summed E-state index contributed by atoms with van der Waals surface area (Å²) >= 11 is 7.92. The molecular weight excluding hydrogens is 428 g/mol. The van der Waals surface area contributed by atoms with E-state index in [1.54, 1.807) is 0 Å². The Morgan fingerprint density at radius 2 is 1.04 bits per heavy atom. The van der Waals surface area contributed by atoms with Crippen LogP contribution < -0.4 is 0 Å². The van der Waals surface area contributed by atoms with Gasteiger partial charge in [-0.3, -0.25) is 4.79 Å². The molecule has 1 nitrogen and oxygen atoms in total. The SMILES string of the molecule is CC1(C)C2CCC1(C(Br)C(=O)C(Br)C13CCC(CC1)C3(C)C)CC2. The molecule has 0 aromatic heterocycles. The second-order valence-electron chi connectivity index (χ2n) is 10.4. The van der Waals surface area contributed by atoms with E-state index in [0.29, 0.717) is 16.6 Å². The summed E-state index contributed by atoms with van der Waals surface area (Å²) in [5.74, 6) is 2.08. The molecule has 0 heterocycles. The second-order valence-corrected chi connectivity index (χ2v) is 12.3. The van der Waals surface area contributed by atoms with Crippen LogP contribution in [0, 0.1) is 33.5 Å². The fourth-order valence-electron chi connectivity index (χ4n) is 7.64. The van der Waals surface area contributed by atoms with Crippen molar-refractivity contribution in [2.24, 2.45) is 33.5 Å². The average molecular weight is 460 g/mol. The third-order valence-corrected chi connectivity index (χ3v) is 12.5. The maximum Gasteiger partial charge on any atom is 0.161 e. The van der Waals surface area contributed by atoms with Crippen molar-refractivity contribution in [2.75, 3.05) is 0 Å². The zero-order valence-electron chi connectivity index (χ0n) is 15.6. The first kappa shape index (κ1) is 18.0. The van der Waals surface area contributed by atoms with Crippen LogP contribution in [0.25, 0.3) is 0 Å². The first-order valence-corrected chi connectivity index (χ1v) is 11.8. The van der Waals surface area contributed by atoms with Gasteiger partial charge >= 0.3 is 0 Å². The van der Waals surface area contributed by atoms with Crippen LogP contribution in [0.5, 0.6) is 0 Å². The summed E-state index contributed by atoms with van der Waals surface area (Å²) in [6.07, 6.45) is 10.2. The van der Waals surface area contributed by atoms with Crippen LogP contribution in [-0.4, -0.2) is 15.4 Å². The van der Waals surface area contributed by atoms with Crippen LogP contribution in [0.3, 0.4) is 0 Å². The van der Waals surface area contributed by atoms with Crippen LogP contribution in [0.1, 0.15) is 79.1 Å². The zero-order chi connectivity index (χ0) is 17.5. The van der Waals surface area contributed by atoms with Crippen LogP contribution >= 0.6 is 31.9 Å². The van der Waals surface area contributed by atoms with Gasteiger partial charge in [0.2, 0.25) is 0 Å². The topological polar surface area (TPSA) is 17.1 Å². The van der Waals surface area contributed by atoms with Crippen molar-refractivity contribution in [1.82, 2.24) is 0 Å². The molecule has 0 N–H and O–H groups in total. The summed E-state index contributed by atoms with van der Waals surface area (Å²) < 4.78 is 0. The van der Waals surface area contributed by atoms with Gasteiger partial charge in [0.25, 0.3) is 0 Å². The molecule has 4 aliphatic rings. The molecular formula is C21H32Br2O. The summed E-state index contributed by atoms with van der Waals surface area (Å²) in [6, 6.07) is 0. The molecule has 4 fully saturated rings. The lowest BCUT2D eigenvalue weighted by Gasteiger charge is -2.46. The first-order chi connectivity index (χ1) is 11.1. The van der Waals surface area contributed by atoms with Crippen molar-refractivity contribution < 1.29 is 4.79 Å². The van der Waals surface area contributed by atoms with Gasteiger partial charge in [-0.15, -0.1) is 0 Å². The van der Waals surface area contributed by atoms with Crippen molar-refractivity contribution in [1.29, 1.82) is 0 Å². The van der Waals surface area contributed by atoms with Crippen molar-refractivity contribution in [3.8, 4) is 0 Å². The number of Topliss-reactive ketones (excluding diaryl/α,β-unsaturated/α-hetero) is 1. The molecule has 0 saturated heterocycles. The molecule has 0 aromatic carbocycles. The Labute approximate surface area is 164 Å². The van der Waals surface area contributed by atoms with Gasteiger partial charge in [0.15, 0.2) is 5.78 Å². The normalized spacial score (nSPS) is 47.1. The van der Waals surface area contributed by atoms with Crippen molar-refractivity contribution in [3.63, 3.8) is 0 Å². The van der Waals surface area contributed by atoms with E-state index in [1.807, 2.05) is 0 Å². The van der Waals surface area contributed by atoms with Gasteiger partial charge in [0.05, 0.1) is 9.65 Å². The number of rotatable bonds is 4. The average Bonchev–Trinajstić information content (AvgIpc) is 3.17. The number of carbonyl (C=O) groups is 1. The van der Waals surface area contributed by atoms with E-state index in [4.69, 9.17) is 0 Å². The van der Waals surface area contributed by atoms with Crippen molar-refractivity contribution >= 4 is 37.6 Å². The minimum atomic E-state index is 0.0155. The molecule has 2 atom stereocenters. The lowest BCUT2D eigenvalue weighted by molar-refractivity contribution is -0.124. The number of hydrogen-bond donors (Lipinski definition) is 0. The Hall–Kier alpha value is 0.630. The maximum atomic E-state index is 13.7. The number of fused-ring (bicyclic) bond motifs is 4. The van der Waals surface area contributed by atoms with E-state index in [2.05, 4.69) is 59.6 Å². The molecule has 4 saturated carbocycles. The Balaban J connectivity index is 1.63. The maximum absolute atomic E-state index is 13.7. The molecule has 4 aliphatic carbocycles. The van der Waals surface area contributed by atoms with E-state index in [1.165, 1.54) is 51.4 Å². The molecule has 3 heteroatoms. The summed E-state index contributed by atoms with van der Waals surface area (Å²) in [4.78, 5) is 13.7. The lowest BCUT2D eigenvalue weighted by atomic mass is 9.62. The highest BCUT2D eigenvalue weighted by atomic mass is 79.9. The Bertz CT molecular complexity index is 500. The number of alkyl halides is 2. The van der Waals surface area contributed by atoms with Crippen molar-refractivity contribution in [3.05, 3.63) is 0 Å². The molecule has 4 rings (SSSR count). The van der Waals surface area contributed by atoms with Gasteiger partial charge in [-0.25, -0.2) is 0 Å². The fraction of sp³-hybridized carbons (Fsp3) is 0.952. The Morgan fingerprint density at radius 1 is 0.750 bits per heavy atom. The highest BCUT2D eigenvalue weighted by Crippen LogP contribution is 2.71. The molecule has 0 radical (unpaired) electrons. The van der Waals surface area contributed by atoms with Crippen LogP contribution in [0.2, 0.25) is 0 Å². The van der Waals surface area contributed by atoms with Gasteiger partial charge in [0, 0.05) is 0 Å². The standard InChI is InChI=1S/C21H32Br2O/c1-18(2)13-5-9-20(18,10-6-13)16(22)15(24)17(23)21-11-7-14(8-12-21)19(21,3)4/h13-14,16-17H,5-12H2,1-4H3. The quantitative estimate of drug-likeness (QED) is 0.437. The Kier molecular flexibility index (Phi) is 4.00. The number of halogens is 2. The first-order valence-electron chi connectivity index (χ1n) is 9.92.